The van der Waals surface area contributed by atoms with Gasteiger partial charge in [-0.1, -0.05) is 53.8 Å². The number of aliphatic hydroxyl groups is 1. The maximum Gasteiger partial charge on any atom is 0.296 e. The van der Waals surface area contributed by atoms with Crippen molar-refractivity contribution in [2.24, 2.45) is 5.92 Å². The van der Waals surface area contributed by atoms with Gasteiger partial charge in [0.15, 0.2) is 11.5 Å². The summed E-state index contributed by atoms with van der Waals surface area (Å²) in [6.07, 6.45) is 1.59. The number of hydrogen-bond donors (Lipinski definition) is 1. The maximum absolute atomic E-state index is 13.0. The van der Waals surface area contributed by atoms with Crippen LogP contribution < -0.4 is 4.90 Å². The normalized spacial score (nSPS) is 19.9. The molecule has 2 aromatic carbocycles. The van der Waals surface area contributed by atoms with E-state index in [4.69, 9.17) is 0 Å². The van der Waals surface area contributed by atoms with Crippen LogP contribution in [0.2, 0.25) is 0 Å². The SMILES string of the molecule is O=C(C1=C(O)C(=O)N(c2nncs2)C1c1cccc2ccccc12)C1CC1. The first-order valence-corrected chi connectivity index (χ1v) is 9.59. The summed E-state index contributed by atoms with van der Waals surface area (Å²) in [6, 6.07) is 12.9. The fourth-order valence-corrected chi connectivity index (χ4v) is 4.26. The Morgan fingerprint density at radius 1 is 1.15 bits per heavy atom. The van der Waals surface area contributed by atoms with Crippen molar-refractivity contribution < 1.29 is 14.7 Å². The van der Waals surface area contributed by atoms with E-state index in [2.05, 4.69) is 10.2 Å². The number of anilines is 1. The molecule has 1 N–H and O–H groups in total. The summed E-state index contributed by atoms with van der Waals surface area (Å²) >= 11 is 1.20. The van der Waals surface area contributed by atoms with Gasteiger partial charge in [-0.05, 0) is 29.2 Å². The number of aromatic nitrogens is 2. The highest BCUT2D eigenvalue weighted by Gasteiger charge is 2.48. The highest BCUT2D eigenvalue weighted by atomic mass is 32.1. The zero-order valence-corrected chi connectivity index (χ0v) is 15.0. The van der Waals surface area contributed by atoms with E-state index in [-0.39, 0.29) is 17.3 Å². The van der Waals surface area contributed by atoms with Gasteiger partial charge < -0.3 is 5.11 Å². The molecule has 2 aliphatic rings. The van der Waals surface area contributed by atoms with E-state index in [1.165, 1.54) is 21.7 Å². The van der Waals surface area contributed by atoms with Gasteiger partial charge in [0, 0.05) is 5.92 Å². The number of carbonyl (C=O) groups excluding carboxylic acids is 2. The van der Waals surface area contributed by atoms with Crippen LogP contribution in [0.5, 0.6) is 0 Å². The minimum absolute atomic E-state index is 0.109. The van der Waals surface area contributed by atoms with Crippen LogP contribution in [0.15, 0.2) is 59.3 Å². The van der Waals surface area contributed by atoms with Crippen LogP contribution in [0.3, 0.4) is 0 Å². The Bertz CT molecular complexity index is 1100. The van der Waals surface area contributed by atoms with Crippen LogP contribution in [0.4, 0.5) is 5.13 Å². The molecule has 1 amide bonds. The van der Waals surface area contributed by atoms with Gasteiger partial charge >= 0.3 is 0 Å². The second-order valence-corrected chi connectivity index (χ2v) is 7.58. The van der Waals surface area contributed by atoms with Gasteiger partial charge in [0.2, 0.25) is 5.13 Å². The third-order valence-electron chi connectivity index (χ3n) is 5.09. The molecule has 3 aromatic rings. The molecule has 1 fully saturated rings. The van der Waals surface area contributed by atoms with Crippen LogP contribution in [0.1, 0.15) is 24.4 Å². The summed E-state index contributed by atoms with van der Waals surface area (Å²) in [7, 11) is 0. The first-order valence-electron chi connectivity index (χ1n) is 8.71. The van der Waals surface area contributed by atoms with E-state index in [1.54, 1.807) is 0 Å². The fraction of sp³-hybridized carbons (Fsp3) is 0.200. The maximum atomic E-state index is 13.0. The molecule has 1 aliphatic heterocycles. The van der Waals surface area contributed by atoms with Crippen LogP contribution in [-0.2, 0) is 9.59 Å². The number of fused-ring (bicyclic) bond motifs is 1. The van der Waals surface area contributed by atoms with E-state index < -0.39 is 17.7 Å². The van der Waals surface area contributed by atoms with Gasteiger partial charge in [0.1, 0.15) is 5.51 Å². The monoisotopic (exact) mass is 377 g/mol. The lowest BCUT2D eigenvalue weighted by atomic mass is 9.91. The first-order chi connectivity index (χ1) is 13.2. The largest absolute Gasteiger partial charge is 0.503 e. The molecule has 1 unspecified atom stereocenters. The summed E-state index contributed by atoms with van der Waals surface area (Å²) in [5.74, 6) is -1.33. The lowest BCUT2D eigenvalue weighted by Gasteiger charge is -2.25. The standard InChI is InChI=1S/C20H15N3O3S/c24-17(12-8-9-12)15-16(14-7-3-5-11-4-1-2-6-13(11)14)23(19(26)18(15)25)20-22-21-10-27-20/h1-7,10,12,16,25H,8-9H2. The lowest BCUT2D eigenvalue weighted by molar-refractivity contribution is -0.118. The molecule has 134 valence electrons. The number of amides is 1. The molecule has 0 saturated heterocycles. The third-order valence-corrected chi connectivity index (χ3v) is 5.78. The van der Waals surface area contributed by atoms with E-state index in [0.717, 1.165) is 29.2 Å². The molecule has 27 heavy (non-hydrogen) atoms. The number of ketones is 1. The molecule has 0 spiro atoms. The second kappa shape index (κ2) is 5.99. The Labute approximate surface area is 158 Å². The molecule has 7 heteroatoms. The molecule has 1 atom stereocenters. The quantitative estimate of drug-likeness (QED) is 0.751. The van der Waals surface area contributed by atoms with Gasteiger partial charge in [-0.25, -0.2) is 0 Å². The first kappa shape index (κ1) is 16.1. The smallest absolute Gasteiger partial charge is 0.296 e. The molecule has 5 rings (SSSR count). The van der Waals surface area contributed by atoms with Gasteiger partial charge in [-0.3, -0.25) is 14.5 Å². The molecule has 0 bridgehead atoms. The molecule has 1 aromatic heterocycles. The zero-order chi connectivity index (χ0) is 18.5. The van der Waals surface area contributed by atoms with Crippen LogP contribution in [0, 0.1) is 5.92 Å². The predicted molar refractivity (Wildman–Crippen MR) is 101 cm³/mol. The highest BCUT2D eigenvalue weighted by Crippen LogP contribution is 2.46. The molecular formula is C20H15N3O3S. The summed E-state index contributed by atoms with van der Waals surface area (Å²) in [4.78, 5) is 27.2. The number of aliphatic hydroxyl groups excluding tert-OH is 1. The average Bonchev–Trinajstić information content (AvgIpc) is 3.35. The molecular weight excluding hydrogens is 362 g/mol. The third kappa shape index (κ3) is 2.46. The molecule has 1 saturated carbocycles. The number of nitrogens with zero attached hydrogens (tertiary/aromatic N) is 3. The minimum Gasteiger partial charge on any atom is -0.503 e. The summed E-state index contributed by atoms with van der Waals surface area (Å²) in [6.45, 7) is 0. The number of benzene rings is 2. The van der Waals surface area contributed by atoms with Crippen LogP contribution in [0.25, 0.3) is 10.8 Å². The van der Waals surface area contributed by atoms with Crippen LogP contribution >= 0.6 is 11.3 Å². The molecule has 1 aliphatic carbocycles. The number of rotatable bonds is 4. The van der Waals surface area contributed by atoms with Crippen molar-refractivity contribution in [3.63, 3.8) is 0 Å². The Morgan fingerprint density at radius 2 is 1.93 bits per heavy atom. The summed E-state index contributed by atoms with van der Waals surface area (Å²) in [5, 5.41) is 20.7. The van der Waals surface area contributed by atoms with E-state index >= 15 is 0 Å². The lowest BCUT2D eigenvalue weighted by Crippen LogP contribution is -2.31. The van der Waals surface area contributed by atoms with E-state index in [9.17, 15) is 14.7 Å². The van der Waals surface area contributed by atoms with Gasteiger partial charge in [0.25, 0.3) is 5.91 Å². The van der Waals surface area contributed by atoms with Crippen molar-refractivity contribution in [3.05, 3.63) is 64.9 Å². The van der Waals surface area contributed by atoms with Crippen molar-refractivity contribution in [2.45, 2.75) is 18.9 Å². The van der Waals surface area contributed by atoms with Gasteiger partial charge in [0.05, 0.1) is 11.6 Å². The van der Waals surface area contributed by atoms with Crippen molar-refractivity contribution in [2.75, 3.05) is 4.90 Å². The van der Waals surface area contributed by atoms with Crippen molar-refractivity contribution >= 4 is 38.9 Å². The fourth-order valence-electron chi connectivity index (χ4n) is 3.68. The van der Waals surface area contributed by atoms with E-state index in [0.29, 0.717) is 5.13 Å². The molecule has 6 nitrogen and oxygen atoms in total. The van der Waals surface area contributed by atoms with Gasteiger partial charge in [-0.2, -0.15) is 0 Å². The molecule has 0 radical (unpaired) electrons. The molecule has 2 heterocycles. The number of Topliss-reactive ketones (excluding diaryl/α,β-unsaturated/α-hetero) is 1. The summed E-state index contributed by atoms with van der Waals surface area (Å²) < 4.78 is 0. The number of carbonyl (C=O) groups is 2. The Kier molecular flexibility index (Phi) is 3.58. The Hall–Kier alpha value is -3.06. The average molecular weight is 377 g/mol. The second-order valence-electron chi connectivity index (χ2n) is 6.77. The minimum atomic E-state index is -0.704. The predicted octanol–water partition coefficient (Wildman–Crippen LogP) is 3.57. The van der Waals surface area contributed by atoms with Gasteiger partial charge in [-0.15, -0.1) is 10.2 Å². The number of hydrogen-bond acceptors (Lipinski definition) is 6. The zero-order valence-electron chi connectivity index (χ0n) is 14.2. The topological polar surface area (TPSA) is 83.4 Å². The Balaban J connectivity index is 1.75. The van der Waals surface area contributed by atoms with Crippen molar-refractivity contribution in [1.29, 1.82) is 0 Å². The van der Waals surface area contributed by atoms with Crippen LogP contribution in [-0.4, -0.2) is 27.0 Å². The van der Waals surface area contributed by atoms with Crippen molar-refractivity contribution in [3.8, 4) is 0 Å². The summed E-state index contributed by atoms with van der Waals surface area (Å²) in [5.41, 5.74) is 2.50. The Morgan fingerprint density at radius 3 is 2.67 bits per heavy atom. The van der Waals surface area contributed by atoms with E-state index in [1.807, 2.05) is 42.5 Å². The highest BCUT2D eigenvalue weighted by molar-refractivity contribution is 7.13. The van der Waals surface area contributed by atoms with Crippen molar-refractivity contribution in [1.82, 2.24) is 10.2 Å².